The fourth-order valence-electron chi connectivity index (χ4n) is 3.70. The van der Waals surface area contributed by atoms with Crippen molar-refractivity contribution in [2.24, 2.45) is 0 Å². The van der Waals surface area contributed by atoms with Gasteiger partial charge in [0.2, 0.25) is 0 Å². The largest absolute Gasteiger partial charge is 0.369 e. The minimum atomic E-state index is -0.123. The van der Waals surface area contributed by atoms with E-state index in [-0.39, 0.29) is 5.91 Å². The monoisotopic (exact) mass is 377 g/mol. The molecule has 6 nitrogen and oxygen atoms in total. The molecule has 146 valence electrons. The number of carbonyl (C=O) groups is 1. The van der Waals surface area contributed by atoms with Crippen LogP contribution in [-0.2, 0) is 6.42 Å². The number of piperazine rings is 1. The van der Waals surface area contributed by atoms with Crippen LogP contribution < -0.4 is 10.2 Å². The number of hydrogen-bond donors (Lipinski definition) is 1. The Kier molecular flexibility index (Phi) is 5.05. The number of aryl methyl sites for hydroxylation is 2. The number of benzene rings is 1. The molecule has 1 aromatic carbocycles. The molecular weight excluding hydrogens is 350 g/mol. The van der Waals surface area contributed by atoms with E-state index in [0.717, 1.165) is 48.8 Å². The number of hydrogen-bond acceptors (Lipinski definition) is 4. The zero-order valence-corrected chi connectivity index (χ0v) is 16.8. The van der Waals surface area contributed by atoms with Gasteiger partial charge in [-0.25, -0.2) is 4.98 Å². The minimum absolute atomic E-state index is 0.123. The van der Waals surface area contributed by atoms with Gasteiger partial charge >= 0.3 is 0 Å². The van der Waals surface area contributed by atoms with Crippen molar-refractivity contribution in [2.45, 2.75) is 20.3 Å². The van der Waals surface area contributed by atoms with E-state index < -0.39 is 0 Å². The first-order chi connectivity index (χ1) is 13.5. The number of rotatable bonds is 4. The number of amides is 1. The van der Waals surface area contributed by atoms with E-state index in [2.05, 4.69) is 39.3 Å². The molecule has 0 radical (unpaired) electrons. The van der Waals surface area contributed by atoms with Crippen LogP contribution in [0.3, 0.4) is 0 Å². The lowest BCUT2D eigenvalue weighted by Crippen LogP contribution is -2.44. The number of aromatic nitrogens is 2. The summed E-state index contributed by atoms with van der Waals surface area (Å²) >= 11 is 0. The Labute approximate surface area is 165 Å². The van der Waals surface area contributed by atoms with Gasteiger partial charge in [-0.15, -0.1) is 0 Å². The van der Waals surface area contributed by atoms with Crippen molar-refractivity contribution in [3.8, 4) is 0 Å². The Morgan fingerprint density at radius 2 is 1.79 bits per heavy atom. The third-order valence-corrected chi connectivity index (χ3v) is 5.38. The van der Waals surface area contributed by atoms with E-state index in [1.54, 1.807) is 0 Å². The molecule has 2 aromatic heterocycles. The molecule has 1 aliphatic rings. The molecule has 0 bridgehead atoms. The first-order valence-electron chi connectivity index (χ1n) is 9.87. The fourth-order valence-corrected chi connectivity index (χ4v) is 3.70. The van der Waals surface area contributed by atoms with Crippen molar-refractivity contribution in [2.75, 3.05) is 43.4 Å². The Bertz CT molecular complexity index is 984. The molecule has 1 fully saturated rings. The van der Waals surface area contributed by atoms with Crippen LogP contribution in [0, 0.1) is 6.92 Å². The van der Waals surface area contributed by atoms with E-state index >= 15 is 0 Å². The van der Waals surface area contributed by atoms with Crippen LogP contribution in [0.25, 0.3) is 5.65 Å². The van der Waals surface area contributed by atoms with E-state index in [9.17, 15) is 4.79 Å². The molecule has 1 amide bonds. The lowest BCUT2D eigenvalue weighted by atomic mass is 10.2. The molecule has 0 saturated carbocycles. The predicted octanol–water partition coefficient (Wildman–Crippen LogP) is 3.21. The van der Waals surface area contributed by atoms with Gasteiger partial charge in [0.1, 0.15) is 11.3 Å². The van der Waals surface area contributed by atoms with Crippen LogP contribution in [0.4, 0.5) is 11.4 Å². The van der Waals surface area contributed by atoms with Crippen molar-refractivity contribution in [3.05, 3.63) is 59.5 Å². The number of anilines is 2. The van der Waals surface area contributed by atoms with Crippen LogP contribution in [0.1, 0.15) is 28.7 Å². The van der Waals surface area contributed by atoms with Gasteiger partial charge in [0.15, 0.2) is 0 Å². The standard InChI is InChI=1S/C22H27N5O/c1-4-19-21(27-15-16(2)5-10-20(27)24-19)22(28)23-17-6-8-18(9-7-17)26-13-11-25(3)12-14-26/h5-10,15H,4,11-14H2,1-3H3,(H,23,28). The smallest absolute Gasteiger partial charge is 0.274 e. The second-order valence-electron chi connectivity index (χ2n) is 7.49. The number of fused-ring (bicyclic) bond motifs is 1. The zero-order chi connectivity index (χ0) is 19.7. The van der Waals surface area contributed by atoms with E-state index in [0.29, 0.717) is 12.1 Å². The maximum absolute atomic E-state index is 13.0. The summed E-state index contributed by atoms with van der Waals surface area (Å²) in [4.78, 5) is 22.3. The number of likely N-dealkylation sites (N-methyl/N-ethyl adjacent to an activating group) is 1. The van der Waals surface area contributed by atoms with Crippen LogP contribution in [0.2, 0.25) is 0 Å². The van der Waals surface area contributed by atoms with Crippen LogP contribution in [-0.4, -0.2) is 53.4 Å². The normalized spacial score (nSPS) is 15.2. The summed E-state index contributed by atoms with van der Waals surface area (Å²) in [6.07, 6.45) is 2.68. The van der Waals surface area contributed by atoms with Crippen molar-refractivity contribution >= 4 is 22.9 Å². The second kappa shape index (κ2) is 7.64. The molecule has 6 heteroatoms. The highest BCUT2D eigenvalue weighted by molar-refractivity contribution is 6.04. The fraction of sp³-hybridized carbons (Fsp3) is 0.364. The third-order valence-electron chi connectivity index (χ3n) is 5.38. The van der Waals surface area contributed by atoms with Gasteiger partial charge in [0.05, 0.1) is 5.69 Å². The third kappa shape index (κ3) is 3.60. The predicted molar refractivity (Wildman–Crippen MR) is 113 cm³/mol. The van der Waals surface area contributed by atoms with Gasteiger partial charge in [0.25, 0.3) is 5.91 Å². The van der Waals surface area contributed by atoms with Crippen LogP contribution >= 0.6 is 0 Å². The van der Waals surface area contributed by atoms with Crippen LogP contribution in [0.5, 0.6) is 0 Å². The molecule has 3 heterocycles. The summed E-state index contributed by atoms with van der Waals surface area (Å²) in [7, 11) is 2.15. The molecule has 28 heavy (non-hydrogen) atoms. The molecule has 1 aliphatic heterocycles. The lowest BCUT2D eigenvalue weighted by molar-refractivity contribution is 0.102. The number of nitrogens with one attached hydrogen (secondary N) is 1. The summed E-state index contributed by atoms with van der Waals surface area (Å²) in [6, 6.07) is 12.1. The number of pyridine rings is 1. The molecule has 4 rings (SSSR count). The van der Waals surface area contributed by atoms with Gasteiger partial charge in [-0.05, 0) is 56.3 Å². The number of imidazole rings is 1. The average molecular weight is 377 g/mol. The van der Waals surface area contributed by atoms with Gasteiger partial charge in [-0.1, -0.05) is 13.0 Å². The quantitative estimate of drug-likeness (QED) is 0.759. The Hall–Kier alpha value is -2.86. The van der Waals surface area contributed by atoms with Crippen molar-refractivity contribution in [3.63, 3.8) is 0 Å². The molecule has 1 N–H and O–H groups in total. The van der Waals surface area contributed by atoms with E-state index in [1.165, 1.54) is 5.69 Å². The van der Waals surface area contributed by atoms with Crippen molar-refractivity contribution < 1.29 is 4.79 Å². The molecule has 1 saturated heterocycles. The van der Waals surface area contributed by atoms with Crippen molar-refractivity contribution in [1.82, 2.24) is 14.3 Å². The highest BCUT2D eigenvalue weighted by Gasteiger charge is 2.19. The molecular formula is C22H27N5O. The number of carbonyl (C=O) groups excluding carboxylic acids is 1. The summed E-state index contributed by atoms with van der Waals surface area (Å²) in [5.41, 5.74) is 5.33. The number of nitrogens with zero attached hydrogens (tertiary/aromatic N) is 4. The zero-order valence-electron chi connectivity index (χ0n) is 16.8. The molecule has 0 unspecified atom stereocenters. The lowest BCUT2D eigenvalue weighted by Gasteiger charge is -2.34. The highest BCUT2D eigenvalue weighted by atomic mass is 16.2. The first-order valence-corrected chi connectivity index (χ1v) is 9.87. The molecule has 0 aliphatic carbocycles. The van der Waals surface area contributed by atoms with Crippen LogP contribution in [0.15, 0.2) is 42.6 Å². The molecule has 0 spiro atoms. The second-order valence-corrected chi connectivity index (χ2v) is 7.49. The maximum Gasteiger partial charge on any atom is 0.274 e. The summed E-state index contributed by atoms with van der Waals surface area (Å²) in [5, 5.41) is 3.04. The minimum Gasteiger partial charge on any atom is -0.369 e. The molecule has 3 aromatic rings. The van der Waals surface area contributed by atoms with Gasteiger partial charge in [0, 0.05) is 43.8 Å². The summed E-state index contributed by atoms with van der Waals surface area (Å²) < 4.78 is 1.89. The first kappa shape index (κ1) is 18.5. The van der Waals surface area contributed by atoms with Gasteiger partial charge < -0.3 is 15.1 Å². The summed E-state index contributed by atoms with van der Waals surface area (Å²) in [6.45, 7) is 8.25. The summed E-state index contributed by atoms with van der Waals surface area (Å²) in [5.74, 6) is -0.123. The van der Waals surface area contributed by atoms with E-state index in [4.69, 9.17) is 0 Å². The topological polar surface area (TPSA) is 52.9 Å². The Balaban J connectivity index is 1.54. The van der Waals surface area contributed by atoms with Crippen molar-refractivity contribution in [1.29, 1.82) is 0 Å². The average Bonchev–Trinajstić information content (AvgIpc) is 3.07. The highest BCUT2D eigenvalue weighted by Crippen LogP contribution is 2.21. The maximum atomic E-state index is 13.0. The SMILES string of the molecule is CCc1nc2ccc(C)cn2c1C(=O)Nc1ccc(N2CCN(C)CC2)cc1. The Morgan fingerprint density at radius 3 is 2.46 bits per heavy atom. The molecule has 0 atom stereocenters. The Morgan fingerprint density at radius 1 is 1.07 bits per heavy atom. The van der Waals surface area contributed by atoms with E-state index in [1.807, 2.05) is 48.7 Å². The van der Waals surface area contributed by atoms with Gasteiger partial charge in [-0.2, -0.15) is 0 Å². The van der Waals surface area contributed by atoms with Gasteiger partial charge in [-0.3, -0.25) is 9.20 Å².